The highest BCUT2D eigenvalue weighted by atomic mass is 16.5. The van der Waals surface area contributed by atoms with Gasteiger partial charge in [0.25, 0.3) is 0 Å². The molecule has 0 unspecified atom stereocenters. The van der Waals surface area contributed by atoms with Gasteiger partial charge in [-0.3, -0.25) is 4.98 Å². The van der Waals surface area contributed by atoms with Gasteiger partial charge in [-0.2, -0.15) is 0 Å². The molecule has 1 aliphatic rings. The Morgan fingerprint density at radius 1 is 1.39 bits per heavy atom. The molecule has 100 valence electrons. The number of hydrogen-bond acceptors (Lipinski definition) is 3. The molecule has 0 atom stereocenters. The molecule has 2 rings (SSSR count). The topological polar surface area (TPSA) is 25.4 Å². The van der Waals surface area contributed by atoms with Gasteiger partial charge in [-0.05, 0) is 49.4 Å². The van der Waals surface area contributed by atoms with E-state index < -0.39 is 0 Å². The SMILES string of the molecule is Cc1cnccc1CN(C)CC1(C)CCOCC1. The Morgan fingerprint density at radius 3 is 2.78 bits per heavy atom. The molecule has 2 heterocycles. The van der Waals surface area contributed by atoms with Gasteiger partial charge in [-0.25, -0.2) is 0 Å². The Kier molecular flexibility index (Phi) is 4.36. The predicted molar refractivity (Wildman–Crippen MR) is 73.5 cm³/mol. The van der Waals surface area contributed by atoms with Gasteiger partial charge in [0.2, 0.25) is 0 Å². The Balaban J connectivity index is 1.92. The van der Waals surface area contributed by atoms with E-state index in [4.69, 9.17) is 4.74 Å². The zero-order valence-corrected chi connectivity index (χ0v) is 11.8. The van der Waals surface area contributed by atoms with Crippen LogP contribution >= 0.6 is 0 Å². The fraction of sp³-hybridized carbons (Fsp3) is 0.667. The first-order valence-electron chi connectivity index (χ1n) is 6.75. The Labute approximate surface area is 110 Å². The molecule has 0 N–H and O–H groups in total. The third-order valence-corrected chi connectivity index (χ3v) is 3.93. The molecule has 0 aromatic carbocycles. The van der Waals surface area contributed by atoms with E-state index in [9.17, 15) is 0 Å². The molecule has 18 heavy (non-hydrogen) atoms. The highest BCUT2D eigenvalue weighted by Crippen LogP contribution is 2.30. The predicted octanol–water partition coefficient (Wildman–Crippen LogP) is 2.64. The van der Waals surface area contributed by atoms with Crippen molar-refractivity contribution in [2.24, 2.45) is 5.41 Å². The lowest BCUT2D eigenvalue weighted by atomic mass is 9.82. The van der Waals surface area contributed by atoms with E-state index in [0.29, 0.717) is 5.41 Å². The number of rotatable bonds is 4. The summed E-state index contributed by atoms with van der Waals surface area (Å²) in [5, 5.41) is 0. The highest BCUT2D eigenvalue weighted by Gasteiger charge is 2.28. The molecular weight excluding hydrogens is 224 g/mol. The lowest BCUT2D eigenvalue weighted by Crippen LogP contribution is -2.37. The summed E-state index contributed by atoms with van der Waals surface area (Å²) in [6.07, 6.45) is 6.17. The summed E-state index contributed by atoms with van der Waals surface area (Å²) in [6, 6.07) is 2.12. The van der Waals surface area contributed by atoms with Crippen LogP contribution in [0.1, 0.15) is 30.9 Å². The third kappa shape index (κ3) is 3.53. The van der Waals surface area contributed by atoms with Crippen LogP contribution in [0.25, 0.3) is 0 Å². The Hall–Kier alpha value is -0.930. The summed E-state index contributed by atoms with van der Waals surface area (Å²) >= 11 is 0. The van der Waals surface area contributed by atoms with Crippen molar-refractivity contribution < 1.29 is 4.74 Å². The van der Waals surface area contributed by atoms with E-state index in [2.05, 4.69) is 36.8 Å². The van der Waals surface area contributed by atoms with Crippen LogP contribution in [0.2, 0.25) is 0 Å². The molecule has 3 nitrogen and oxygen atoms in total. The number of pyridine rings is 1. The van der Waals surface area contributed by atoms with Crippen molar-refractivity contribution in [1.29, 1.82) is 0 Å². The first kappa shape index (κ1) is 13.5. The van der Waals surface area contributed by atoms with Gasteiger partial charge in [-0.15, -0.1) is 0 Å². The standard InChI is InChI=1S/C15H24N2O/c1-13-10-16-7-4-14(13)11-17(3)12-15(2)5-8-18-9-6-15/h4,7,10H,5-6,8-9,11-12H2,1-3H3. The van der Waals surface area contributed by atoms with E-state index in [1.54, 1.807) is 0 Å². The first-order valence-corrected chi connectivity index (χ1v) is 6.75. The average Bonchev–Trinajstić information content (AvgIpc) is 2.32. The van der Waals surface area contributed by atoms with Gasteiger partial charge in [0.05, 0.1) is 0 Å². The van der Waals surface area contributed by atoms with Crippen LogP contribution in [0.5, 0.6) is 0 Å². The fourth-order valence-corrected chi connectivity index (χ4v) is 2.70. The maximum absolute atomic E-state index is 5.46. The minimum atomic E-state index is 0.411. The maximum atomic E-state index is 5.46. The fourth-order valence-electron chi connectivity index (χ4n) is 2.70. The van der Waals surface area contributed by atoms with Crippen molar-refractivity contribution in [1.82, 2.24) is 9.88 Å². The number of nitrogens with zero attached hydrogens (tertiary/aromatic N) is 2. The summed E-state index contributed by atoms with van der Waals surface area (Å²) in [7, 11) is 2.21. The zero-order chi connectivity index (χ0) is 13.0. The maximum Gasteiger partial charge on any atom is 0.0471 e. The first-order chi connectivity index (χ1) is 8.59. The smallest absolute Gasteiger partial charge is 0.0471 e. The van der Waals surface area contributed by atoms with Gasteiger partial charge in [0.15, 0.2) is 0 Å². The second-order valence-corrected chi connectivity index (χ2v) is 5.90. The van der Waals surface area contributed by atoms with E-state index >= 15 is 0 Å². The summed E-state index contributed by atoms with van der Waals surface area (Å²) in [5.74, 6) is 0. The monoisotopic (exact) mass is 248 g/mol. The van der Waals surface area contributed by atoms with Crippen molar-refractivity contribution in [2.45, 2.75) is 33.2 Å². The Bertz CT molecular complexity index is 386. The highest BCUT2D eigenvalue weighted by molar-refractivity contribution is 5.21. The summed E-state index contributed by atoms with van der Waals surface area (Å²) in [5.41, 5.74) is 3.07. The number of ether oxygens (including phenoxy) is 1. The minimum absolute atomic E-state index is 0.411. The zero-order valence-electron chi connectivity index (χ0n) is 11.8. The second-order valence-electron chi connectivity index (χ2n) is 5.90. The second kappa shape index (κ2) is 5.81. The van der Waals surface area contributed by atoms with Crippen LogP contribution in [-0.2, 0) is 11.3 Å². The van der Waals surface area contributed by atoms with Crippen LogP contribution < -0.4 is 0 Å². The normalized spacial score (nSPS) is 19.1. The molecule has 0 spiro atoms. The van der Waals surface area contributed by atoms with Gasteiger partial charge in [0, 0.05) is 38.7 Å². The minimum Gasteiger partial charge on any atom is -0.381 e. The summed E-state index contributed by atoms with van der Waals surface area (Å²) < 4.78 is 5.46. The molecule has 1 aliphatic heterocycles. The number of aromatic nitrogens is 1. The molecule has 1 fully saturated rings. The molecule has 1 saturated heterocycles. The van der Waals surface area contributed by atoms with Crippen molar-refractivity contribution in [3.63, 3.8) is 0 Å². The van der Waals surface area contributed by atoms with Gasteiger partial charge < -0.3 is 9.64 Å². The Morgan fingerprint density at radius 2 is 2.11 bits per heavy atom. The van der Waals surface area contributed by atoms with Crippen LogP contribution in [0.15, 0.2) is 18.5 Å². The van der Waals surface area contributed by atoms with E-state index in [0.717, 1.165) is 26.3 Å². The molecular formula is C15H24N2O. The van der Waals surface area contributed by atoms with Crippen LogP contribution in [0.4, 0.5) is 0 Å². The van der Waals surface area contributed by atoms with Gasteiger partial charge >= 0.3 is 0 Å². The lowest BCUT2D eigenvalue weighted by Gasteiger charge is -2.37. The number of aryl methyl sites for hydroxylation is 1. The van der Waals surface area contributed by atoms with Gasteiger partial charge in [0.1, 0.15) is 0 Å². The van der Waals surface area contributed by atoms with Crippen molar-refractivity contribution >= 4 is 0 Å². The van der Waals surface area contributed by atoms with E-state index in [1.165, 1.54) is 24.0 Å². The summed E-state index contributed by atoms with van der Waals surface area (Å²) in [4.78, 5) is 6.57. The third-order valence-electron chi connectivity index (χ3n) is 3.93. The van der Waals surface area contributed by atoms with Crippen molar-refractivity contribution in [2.75, 3.05) is 26.8 Å². The molecule has 3 heteroatoms. The lowest BCUT2D eigenvalue weighted by molar-refractivity contribution is 0.00784. The number of hydrogen-bond donors (Lipinski definition) is 0. The van der Waals surface area contributed by atoms with Crippen LogP contribution in [-0.4, -0.2) is 36.7 Å². The van der Waals surface area contributed by atoms with Crippen LogP contribution in [0.3, 0.4) is 0 Å². The van der Waals surface area contributed by atoms with E-state index in [-0.39, 0.29) is 0 Å². The average molecular weight is 248 g/mol. The van der Waals surface area contributed by atoms with Crippen molar-refractivity contribution in [3.05, 3.63) is 29.6 Å². The molecule has 0 amide bonds. The van der Waals surface area contributed by atoms with E-state index in [1.807, 2.05) is 12.4 Å². The molecule has 1 aromatic heterocycles. The quantitative estimate of drug-likeness (QED) is 0.819. The van der Waals surface area contributed by atoms with Crippen LogP contribution in [0, 0.1) is 12.3 Å². The molecule has 1 aromatic rings. The molecule has 0 radical (unpaired) electrons. The largest absolute Gasteiger partial charge is 0.381 e. The molecule has 0 saturated carbocycles. The molecule has 0 aliphatic carbocycles. The summed E-state index contributed by atoms with van der Waals surface area (Å²) in [6.45, 7) is 8.48. The van der Waals surface area contributed by atoms with Gasteiger partial charge in [-0.1, -0.05) is 6.92 Å². The van der Waals surface area contributed by atoms with Crippen molar-refractivity contribution in [3.8, 4) is 0 Å². The molecule has 0 bridgehead atoms.